The average Bonchev–Trinajstić information content (AvgIpc) is 3.04. The van der Waals surface area contributed by atoms with Crippen LogP contribution in [0.2, 0.25) is 0 Å². The summed E-state index contributed by atoms with van der Waals surface area (Å²) in [5.74, 6) is 0.570. The minimum atomic E-state index is 0.0689. The lowest BCUT2D eigenvalue weighted by Crippen LogP contribution is -2.47. The maximum Gasteiger partial charge on any atom is 0.253 e. The Morgan fingerprint density at radius 3 is 2.69 bits per heavy atom. The number of nitrogens with zero attached hydrogens (tertiary/aromatic N) is 5. The summed E-state index contributed by atoms with van der Waals surface area (Å²) >= 11 is 0. The lowest BCUT2D eigenvalue weighted by Gasteiger charge is -2.36. The minimum Gasteiger partial charge on any atom is -0.338 e. The van der Waals surface area contributed by atoms with Gasteiger partial charge >= 0.3 is 0 Å². The van der Waals surface area contributed by atoms with Gasteiger partial charge in [0.15, 0.2) is 0 Å². The lowest BCUT2D eigenvalue weighted by molar-refractivity contribution is -0.135. The highest BCUT2D eigenvalue weighted by Gasteiger charge is 2.38. The quantitative estimate of drug-likeness (QED) is 0.834. The molecular formula is C19H23N5O2. The molecule has 7 nitrogen and oxygen atoms in total. The van der Waals surface area contributed by atoms with Crippen molar-refractivity contribution >= 4 is 11.8 Å². The zero-order valence-corrected chi connectivity index (χ0v) is 14.7. The first kappa shape index (κ1) is 16.8. The van der Waals surface area contributed by atoms with Gasteiger partial charge in [-0.2, -0.15) is 5.10 Å². The van der Waals surface area contributed by atoms with Crippen LogP contribution in [-0.2, 0) is 11.3 Å². The molecule has 3 saturated heterocycles. The van der Waals surface area contributed by atoms with Gasteiger partial charge < -0.3 is 9.80 Å². The normalized spacial score (nSPS) is 22.3. The summed E-state index contributed by atoms with van der Waals surface area (Å²) in [7, 11) is 0. The van der Waals surface area contributed by atoms with Gasteiger partial charge in [0.05, 0.1) is 6.54 Å². The van der Waals surface area contributed by atoms with E-state index in [0.29, 0.717) is 25.4 Å². The molecule has 2 amide bonds. The van der Waals surface area contributed by atoms with E-state index in [1.807, 2.05) is 40.1 Å². The fourth-order valence-electron chi connectivity index (χ4n) is 4.02. The van der Waals surface area contributed by atoms with E-state index in [0.717, 1.165) is 31.5 Å². The van der Waals surface area contributed by atoms with Gasteiger partial charge in [0.1, 0.15) is 12.7 Å². The van der Waals surface area contributed by atoms with Crippen molar-refractivity contribution in [3.8, 4) is 0 Å². The van der Waals surface area contributed by atoms with Crippen LogP contribution < -0.4 is 0 Å². The summed E-state index contributed by atoms with van der Waals surface area (Å²) < 4.78 is 1.68. The molecule has 1 aromatic carbocycles. The molecule has 0 radical (unpaired) electrons. The zero-order valence-electron chi connectivity index (χ0n) is 14.7. The van der Waals surface area contributed by atoms with E-state index in [4.69, 9.17) is 0 Å². The number of hydrogen-bond acceptors (Lipinski definition) is 4. The molecule has 5 rings (SSSR count). The van der Waals surface area contributed by atoms with E-state index in [1.165, 1.54) is 6.33 Å². The summed E-state index contributed by atoms with van der Waals surface area (Å²) in [5, 5.41) is 4.05. The van der Waals surface area contributed by atoms with Crippen LogP contribution in [0, 0.1) is 5.92 Å². The summed E-state index contributed by atoms with van der Waals surface area (Å²) in [5.41, 5.74) is 0.720. The molecule has 0 aliphatic carbocycles. The Kier molecular flexibility index (Phi) is 4.69. The second-order valence-electron chi connectivity index (χ2n) is 7.13. The van der Waals surface area contributed by atoms with Gasteiger partial charge in [-0.1, -0.05) is 18.2 Å². The second-order valence-corrected chi connectivity index (χ2v) is 7.13. The number of aryl methyl sites for hydroxylation is 1. The minimum absolute atomic E-state index is 0.0689. The van der Waals surface area contributed by atoms with E-state index in [1.54, 1.807) is 11.0 Å². The standard InChI is InChI=1S/C19H23N5O2/c25-18(8-9-23-14-20-13-21-23)24-11-15-6-7-17(24)12-22(10-15)19(26)16-4-2-1-3-5-16/h1-5,13-15,17H,6-12H2/t15-,17+/m0/s1. The van der Waals surface area contributed by atoms with Gasteiger partial charge in [-0.25, -0.2) is 4.98 Å². The van der Waals surface area contributed by atoms with E-state index in [-0.39, 0.29) is 17.9 Å². The van der Waals surface area contributed by atoms with Crippen molar-refractivity contribution in [3.05, 3.63) is 48.5 Å². The highest BCUT2D eigenvalue weighted by Crippen LogP contribution is 2.29. The third-order valence-electron chi connectivity index (χ3n) is 5.36. The number of aromatic nitrogens is 3. The van der Waals surface area contributed by atoms with Crippen molar-refractivity contribution in [1.29, 1.82) is 0 Å². The number of rotatable bonds is 4. The fraction of sp³-hybridized carbons (Fsp3) is 0.474. The van der Waals surface area contributed by atoms with Crippen molar-refractivity contribution in [2.75, 3.05) is 19.6 Å². The molecule has 0 spiro atoms. The maximum atomic E-state index is 12.8. The van der Waals surface area contributed by atoms with Crippen molar-refractivity contribution in [1.82, 2.24) is 24.6 Å². The first-order chi connectivity index (χ1) is 12.7. The van der Waals surface area contributed by atoms with Crippen LogP contribution in [0.3, 0.4) is 0 Å². The molecule has 26 heavy (non-hydrogen) atoms. The first-order valence-electron chi connectivity index (χ1n) is 9.17. The third kappa shape index (κ3) is 3.47. The Morgan fingerprint density at radius 2 is 1.92 bits per heavy atom. The van der Waals surface area contributed by atoms with Crippen LogP contribution >= 0.6 is 0 Å². The van der Waals surface area contributed by atoms with E-state index in [2.05, 4.69) is 10.1 Å². The molecule has 4 heterocycles. The van der Waals surface area contributed by atoms with E-state index >= 15 is 0 Å². The zero-order chi connectivity index (χ0) is 17.9. The number of carbonyl (C=O) groups excluding carboxylic acids is 2. The summed E-state index contributed by atoms with van der Waals surface area (Å²) in [4.78, 5) is 33.4. The summed E-state index contributed by atoms with van der Waals surface area (Å²) in [6.07, 6.45) is 5.57. The van der Waals surface area contributed by atoms with Crippen LogP contribution in [0.1, 0.15) is 29.6 Å². The van der Waals surface area contributed by atoms with E-state index < -0.39 is 0 Å². The second kappa shape index (κ2) is 7.27. The van der Waals surface area contributed by atoms with Gasteiger partial charge in [0.25, 0.3) is 5.91 Å². The van der Waals surface area contributed by atoms with Gasteiger partial charge in [0, 0.05) is 37.7 Å². The Labute approximate surface area is 152 Å². The van der Waals surface area contributed by atoms with Gasteiger partial charge in [0.2, 0.25) is 5.91 Å². The topological polar surface area (TPSA) is 71.3 Å². The molecule has 7 heteroatoms. The molecular weight excluding hydrogens is 330 g/mol. The Hall–Kier alpha value is -2.70. The summed E-state index contributed by atoms with van der Waals surface area (Å²) in [6.45, 7) is 2.65. The molecule has 1 aromatic heterocycles. The fourth-order valence-corrected chi connectivity index (χ4v) is 4.02. The van der Waals surface area contributed by atoms with Crippen LogP contribution in [-0.4, -0.2) is 62.1 Å². The molecule has 0 unspecified atom stereocenters. The molecule has 2 aromatic rings. The van der Waals surface area contributed by atoms with Gasteiger partial charge in [-0.15, -0.1) is 0 Å². The molecule has 0 N–H and O–H groups in total. The Bertz CT molecular complexity index is 762. The average molecular weight is 353 g/mol. The van der Waals surface area contributed by atoms with Crippen molar-refractivity contribution in [3.63, 3.8) is 0 Å². The predicted octanol–water partition coefficient (Wildman–Crippen LogP) is 1.43. The molecule has 2 atom stereocenters. The molecule has 0 saturated carbocycles. The smallest absolute Gasteiger partial charge is 0.253 e. The predicted molar refractivity (Wildman–Crippen MR) is 95.2 cm³/mol. The van der Waals surface area contributed by atoms with Crippen LogP contribution in [0.4, 0.5) is 0 Å². The lowest BCUT2D eigenvalue weighted by atomic mass is 9.94. The molecule has 136 valence electrons. The molecule has 2 bridgehead atoms. The van der Waals surface area contributed by atoms with Crippen molar-refractivity contribution in [2.45, 2.75) is 31.8 Å². The first-order valence-corrected chi connectivity index (χ1v) is 9.17. The number of amides is 2. The maximum absolute atomic E-state index is 12.8. The Morgan fingerprint density at radius 1 is 1.08 bits per heavy atom. The number of benzene rings is 1. The van der Waals surface area contributed by atoms with Crippen LogP contribution in [0.5, 0.6) is 0 Å². The number of piperidine rings is 1. The molecule has 3 aliphatic heterocycles. The van der Waals surface area contributed by atoms with Gasteiger partial charge in [-0.3, -0.25) is 14.3 Å². The van der Waals surface area contributed by atoms with Crippen molar-refractivity contribution < 1.29 is 9.59 Å². The molecule has 3 aliphatic rings. The third-order valence-corrected chi connectivity index (χ3v) is 5.36. The van der Waals surface area contributed by atoms with Crippen LogP contribution in [0.25, 0.3) is 0 Å². The number of fused-ring (bicyclic) bond motifs is 4. The highest BCUT2D eigenvalue weighted by atomic mass is 16.2. The number of carbonyl (C=O) groups is 2. The largest absolute Gasteiger partial charge is 0.338 e. The SMILES string of the molecule is O=C(c1ccccc1)N1C[C@@H]2CC[C@H](C1)N(C(=O)CCn1cncn1)C2. The Balaban J connectivity index is 1.43. The highest BCUT2D eigenvalue weighted by molar-refractivity contribution is 5.94. The number of hydrogen-bond donors (Lipinski definition) is 0. The molecule has 3 fully saturated rings. The van der Waals surface area contributed by atoms with E-state index in [9.17, 15) is 9.59 Å². The monoisotopic (exact) mass is 353 g/mol. The van der Waals surface area contributed by atoms with Crippen molar-refractivity contribution in [2.24, 2.45) is 5.92 Å². The van der Waals surface area contributed by atoms with Crippen LogP contribution in [0.15, 0.2) is 43.0 Å². The van der Waals surface area contributed by atoms with Gasteiger partial charge in [-0.05, 0) is 30.9 Å². The summed E-state index contributed by atoms with van der Waals surface area (Å²) in [6, 6.07) is 9.52.